The third-order valence-electron chi connectivity index (χ3n) is 7.06. The van der Waals surface area contributed by atoms with Crippen molar-refractivity contribution in [3.63, 3.8) is 0 Å². The predicted molar refractivity (Wildman–Crippen MR) is 167 cm³/mol. The lowest BCUT2D eigenvalue weighted by Gasteiger charge is -2.24. The second-order valence-corrected chi connectivity index (χ2v) is 12.3. The highest BCUT2D eigenvalue weighted by atomic mass is 127. The Morgan fingerprint density at radius 3 is 2.67 bits per heavy atom. The first-order valence-corrected chi connectivity index (χ1v) is 17.4. The summed E-state index contributed by atoms with van der Waals surface area (Å²) in [7, 11) is 3.96. The van der Waals surface area contributed by atoms with Gasteiger partial charge in [-0.3, -0.25) is 14.6 Å². The molecule has 1 aliphatic heterocycles. The van der Waals surface area contributed by atoms with E-state index in [9.17, 15) is 5.11 Å². The second kappa shape index (κ2) is 11.8. The number of aliphatic hydroxyl groups is 1. The fourth-order valence-corrected chi connectivity index (χ4v) is 6.90. The molecule has 0 saturated heterocycles. The number of rotatable bonds is 5. The molecule has 0 aliphatic carbocycles. The van der Waals surface area contributed by atoms with Crippen LogP contribution in [0.4, 0.5) is 0 Å². The molecular weight excluding hydrogens is 642 g/mol. The van der Waals surface area contributed by atoms with Crippen molar-refractivity contribution in [3.05, 3.63) is 34.4 Å². The van der Waals surface area contributed by atoms with Crippen LogP contribution in [0.3, 0.4) is 0 Å². The molecule has 0 aromatic carbocycles. The minimum absolute atomic E-state index is 0.0318. The number of pyridine rings is 1. The summed E-state index contributed by atoms with van der Waals surface area (Å²) < 4.78 is 18.2. The third kappa shape index (κ3) is 5.26. The van der Waals surface area contributed by atoms with Crippen LogP contribution in [0.5, 0.6) is 11.8 Å². The first-order valence-electron chi connectivity index (χ1n) is 13.4. The second-order valence-electron chi connectivity index (χ2n) is 10.3. The molecule has 13 heteroatoms. The molecule has 0 saturated carbocycles. The van der Waals surface area contributed by atoms with E-state index in [1.165, 1.54) is 0 Å². The standard InChI is InChI=1S/C27H36IN8O3P/c1-8-38-26-19-9-10-21-20-11-22(29-18(5)25(20)36(31-21)40-28)24-17(4)30-34(7)27(24)39-16(3)12-33(6)13-23(19)35(32-26)15(2)14-37/h9-11,15-16,37,40H,8,12-14H2,1-7H3/b10-9+. The van der Waals surface area contributed by atoms with Gasteiger partial charge in [-0.05, 0) is 81.9 Å². The number of nitrogens with zero attached hydrogens (tertiary/aromatic N) is 8. The van der Waals surface area contributed by atoms with E-state index in [-0.39, 0.29) is 18.8 Å². The minimum atomic E-state index is -0.211. The first-order chi connectivity index (χ1) is 19.2. The van der Waals surface area contributed by atoms with Gasteiger partial charge in [-0.2, -0.15) is 10.2 Å². The zero-order valence-corrected chi connectivity index (χ0v) is 27.1. The SMILES string of the molecule is CCOc1nn(C(C)CO)c2c1/C=C/c1nn(PI)c3c(C)nc(cc13)-c1c(C)nn(C)c1OC(C)CN(C)C2. The lowest BCUT2D eigenvalue weighted by Crippen LogP contribution is -2.32. The summed E-state index contributed by atoms with van der Waals surface area (Å²) >= 11 is 2.35. The topological polar surface area (TPSA) is 108 Å². The Morgan fingerprint density at radius 1 is 1.20 bits per heavy atom. The summed E-state index contributed by atoms with van der Waals surface area (Å²) in [6.45, 7) is 11.7. The molecule has 1 N–H and O–H groups in total. The average Bonchev–Trinajstić information content (AvgIpc) is 3.52. The van der Waals surface area contributed by atoms with Gasteiger partial charge < -0.3 is 14.6 Å². The summed E-state index contributed by atoms with van der Waals surface area (Å²) in [5.74, 6) is 1.24. The first kappa shape index (κ1) is 29.0. The number of aromatic nitrogens is 7. The van der Waals surface area contributed by atoms with Crippen molar-refractivity contribution in [2.45, 2.75) is 53.3 Å². The predicted octanol–water partition coefficient (Wildman–Crippen LogP) is 4.77. The van der Waals surface area contributed by atoms with Gasteiger partial charge in [-0.25, -0.2) is 9.13 Å². The Labute approximate surface area is 248 Å². The van der Waals surface area contributed by atoms with E-state index in [4.69, 9.17) is 24.7 Å². The van der Waals surface area contributed by atoms with Crippen molar-refractivity contribution >= 4 is 51.5 Å². The van der Waals surface area contributed by atoms with E-state index < -0.39 is 0 Å². The van der Waals surface area contributed by atoms with Crippen molar-refractivity contribution < 1.29 is 14.6 Å². The number of ether oxygens (including phenoxy) is 2. The van der Waals surface area contributed by atoms with Crippen LogP contribution < -0.4 is 9.47 Å². The van der Waals surface area contributed by atoms with Crippen LogP contribution in [0.1, 0.15) is 55.2 Å². The highest BCUT2D eigenvalue weighted by Gasteiger charge is 2.26. The van der Waals surface area contributed by atoms with Gasteiger partial charge in [0, 0.05) is 25.5 Å². The van der Waals surface area contributed by atoms with Crippen LogP contribution in [-0.4, -0.2) is 77.0 Å². The Bertz CT molecular complexity index is 1580. The summed E-state index contributed by atoms with van der Waals surface area (Å²) in [6.07, 6.45) is 4.36. The van der Waals surface area contributed by atoms with E-state index in [1.807, 2.05) is 56.0 Å². The third-order valence-corrected chi connectivity index (χ3v) is 8.91. The fourth-order valence-electron chi connectivity index (χ4n) is 5.34. The van der Waals surface area contributed by atoms with Crippen LogP contribution >= 0.6 is 28.4 Å². The van der Waals surface area contributed by atoms with Crippen molar-refractivity contribution in [3.8, 4) is 23.0 Å². The number of hydrogen-bond acceptors (Lipinski definition) is 8. The van der Waals surface area contributed by atoms with E-state index in [1.54, 1.807) is 4.68 Å². The van der Waals surface area contributed by atoms with E-state index >= 15 is 0 Å². The lowest BCUT2D eigenvalue weighted by molar-refractivity contribution is 0.145. The zero-order valence-electron chi connectivity index (χ0n) is 23.9. The molecule has 40 heavy (non-hydrogen) atoms. The van der Waals surface area contributed by atoms with Gasteiger partial charge in [-0.1, -0.05) is 0 Å². The number of halogens is 1. The summed E-state index contributed by atoms with van der Waals surface area (Å²) in [5, 5.41) is 25.5. The monoisotopic (exact) mass is 678 g/mol. The Hall–Kier alpha value is -2.54. The van der Waals surface area contributed by atoms with Gasteiger partial charge in [0.2, 0.25) is 11.8 Å². The van der Waals surface area contributed by atoms with Crippen LogP contribution in [-0.2, 0) is 13.6 Å². The molecule has 5 rings (SSSR count). The molecule has 2 bridgehead atoms. The van der Waals surface area contributed by atoms with Crippen molar-refractivity contribution in [1.82, 2.24) is 39.0 Å². The molecule has 3 atom stereocenters. The average molecular weight is 679 g/mol. The summed E-state index contributed by atoms with van der Waals surface area (Å²) in [5.41, 5.74) is 7.15. The van der Waals surface area contributed by atoms with Gasteiger partial charge in [-0.15, -0.1) is 5.10 Å². The van der Waals surface area contributed by atoms with Gasteiger partial charge in [0.15, 0.2) is 0 Å². The molecule has 0 spiro atoms. The maximum absolute atomic E-state index is 10.0. The lowest BCUT2D eigenvalue weighted by atomic mass is 10.1. The molecule has 1 aliphatic rings. The molecule has 0 amide bonds. The number of likely N-dealkylation sites (N-methyl/N-ethyl adjacent to an activating group) is 1. The van der Waals surface area contributed by atoms with E-state index in [0.717, 1.165) is 50.5 Å². The molecule has 3 unspecified atom stereocenters. The molecule has 0 fully saturated rings. The Kier molecular flexibility index (Phi) is 8.51. The smallest absolute Gasteiger partial charge is 0.240 e. The molecule has 11 nitrogen and oxygen atoms in total. The fraction of sp³-hybridized carbons (Fsp3) is 0.481. The maximum Gasteiger partial charge on any atom is 0.240 e. The minimum Gasteiger partial charge on any atom is -0.476 e. The maximum atomic E-state index is 10.0. The normalized spacial score (nSPS) is 18.0. The molecular formula is C27H36IN8O3P. The number of fused-ring (bicyclic) bond motifs is 4. The zero-order chi connectivity index (χ0) is 28.7. The molecule has 0 radical (unpaired) electrons. The van der Waals surface area contributed by atoms with Crippen LogP contribution in [0.15, 0.2) is 6.07 Å². The number of aliphatic hydroxyl groups excluding tert-OH is 1. The molecule has 4 aromatic rings. The van der Waals surface area contributed by atoms with E-state index in [0.29, 0.717) is 37.8 Å². The van der Waals surface area contributed by atoms with Crippen molar-refractivity contribution in [1.29, 1.82) is 0 Å². The van der Waals surface area contributed by atoms with Crippen molar-refractivity contribution in [2.24, 2.45) is 7.05 Å². The van der Waals surface area contributed by atoms with Gasteiger partial charge >= 0.3 is 0 Å². The largest absolute Gasteiger partial charge is 0.476 e. The van der Waals surface area contributed by atoms with Gasteiger partial charge in [0.25, 0.3) is 0 Å². The summed E-state index contributed by atoms with van der Waals surface area (Å²) in [6, 6.07) is 1.88. The summed E-state index contributed by atoms with van der Waals surface area (Å²) in [4.78, 5) is 7.21. The molecule has 4 aromatic heterocycles. The van der Waals surface area contributed by atoms with Crippen LogP contribution in [0, 0.1) is 13.8 Å². The van der Waals surface area contributed by atoms with Gasteiger partial charge in [0.05, 0.1) is 70.7 Å². The Balaban J connectivity index is 1.79. The molecule has 214 valence electrons. The highest BCUT2D eigenvalue weighted by Crippen LogP contribution is 2.39. The quantitative estimate of drug-likeness (QED) is 0.238. The van der Waals surface area contributed by atoms with E-state index in [2.05, 4.69) is 52.1 Å². The number of hydrogen-bond donors (Lipinski definition) is 1. The van der Waals surface area contributed by atoms with Crippen LogP contribution in [0.2, 0.25) is 0 Å². The van der Waals surface area contributed by atoms with Crippen molar-refractivity contribution in [2.75, 3.05) is 26.8 Å². The Morgan fingerprint density at radius 2 is 1.98 bits per heavy atom. The van der Waals surface area contributed by atoms with Gasteiger partial charge in [0.1, 0.15) is 6.10 Å². The molecule has 5 heterocycles. The highest BCUT2D eigenvalue weighted by molar-refractivity contribution is 14.2. The number of aryl methyl sites for hydroxylation is 3. The van der Waals surface area contributed by atoms with Crippen LogP contribution in [0.25, 0.3) is 34.3 Å².